The molecule has 3 N–H and O–H groups in total. The molecule has 0 fully saturated rings. The van der Waals surface area contributed by atoms with E-state index in [1.54, 1.807) is 18.3 Å². The van der Waals surface area contributed by atoms with Gasteiger partial charge in [0, 0.05) is 0 Å². The van der Waals surface area contributed by atoms with Crippen LogP contribution in [0.5, 0.6) is 0 Å². The van der Waals surface area contributed by atoms with Gasteiger partial charge in [0.15, 0.2) is 5.82 Å². The molecule has 1 aromatic heterocycles. The number of nitrogens with two attached hydrogens (primary N) is 1. The first-order valence-electron chi connectivity index (χ1n) is 5.23. The second-order valence-electron chi connectivity index (χ2n) is 3.71. The lowest BCUT2D eigenvalue weighted by molar-refractivity contribution is 1.03. The third-order valence-corrected chi connectivity index (χ3v) is 2.99. The largest absolute Gasteiger partial charge is 0.389 e. The van der Waals surface area contributed by atoms with E-state index in [0.717, 1.165) is 11.3 Å². The van der Waals surface area contributed by atoms with Crippen molar-refractivity contribution in [1.29, 1.82) is 0 Å². The molecule has 0 saturated heterocycles. The fourth-order valence-electron chi connectivity index (χ4n) is 1.53. The summed E-state index contributed by atoms with van der Waals surface area (Å²) in [5.74, 6) is 0.501. The Hall–Kier alpha value is -1.72. The first kappa shape index (κ1) is 12.7. The van der Waals surface area contributed by atoms with E-state index in [0.29, 0.717) is 16.4 Å². The van der Waals surface area contributed by atoms with Gasteiger partial charge < -0.3 is 11.1 Å². The van der Waals surface area contributed by atoms with Crippen LogP contribution < -0.4 is 11.1 Å². The zero-order valence-electron chi connectivity index (χ0n) is 9.64. The lowest BCUT2D eigenvalue weighted by Gasteiger charge is -2.12. The molecule has 0 aliphatic heterocycles. The Kier molecular flexibility index (Phi) is 3.74. The minimum absolute atomic E-state index is 0.261. The summed E-state index contributed by atoms with van der Waals surface area (Å²) in [6.45, 7) is 1.95. The molecule has 6 heteroatoms. The summed E-state index contributed by atoms with van der Waals surface area (Å²) >= 11 is 11.1. The van der Waals surface area contributed by atoms with Gasteiger partial charge in [-0.05, 0) is 24.6 Å². The Morgan fingerprint density at radius 1 is 1.39 bits per heavy atom. The average Bonchev–Trinajstić information content (AvgIpc) is 2.34. The van der Waals surface area contributed by atoms with Crippen LogP contribution >= 0.6 is 23.8 Å². The second kappa shape index (κ2) is 5.29. The maximum atomic E-state index is 6.14. The van der Waals surface area contributed by atoms with Crippen LogP contribution in [0.1, 0.15) is 11.1 Å². The van der Waals surface area contributed by atoms with Gasteiger partial charge in [-0.3, -0.25) is 0 Å². The molecule has 1 aromatic carbocycles. The third kappa shape index (κ3) is 2.57. The number of nitrogens with zero attached hydrogens (tertiary/aromatic N) is 2. The fraction of sp³-hybridized carbons (Fsp3) is 0.0833. The number of para-hydroxylation sites is 1. The Bertz CT molecular complexity index is 580. The molecule has 1 heterocycles. The summed E-state index contributed by atoms with van der Waals surface area (Å²) < 4.78 is 0. The molecule has 2 rings (SSSR count). The van der Waals surface area contributed by atoms with Gasteiger partial charge in [-0.25, -0.2) is 0 Å². The van der Waals surface area contributed by atoms with Crippen LogP contribution in [0.25, 0.3) is 0 Å². The molecule has 0 aliphatic carbocycles. The van der Waals surface area contributed by atoms with Crippen LogP contribution in [-0.4, -0.2) is 15.2 Å². The van der Waals surface area contributed by atoms with Crippen molar-refractivity contribution in [1.82, 2.24) is 10.2 Å². The van der Waals surface area contributed by atoms with Crippen LogP contribution in [0.15, 0.2) is 30.5 Å². The minimum atomic E-state index is 0.261. The van der Waals surface area contributed by atoms with Crippen molar-refractivity contribution < 1.29 is 0 Å². The van der Waals surface area contributed by atoms with E-state index >= 15 is 0 Å². The van der Waals surface area contributed by atoms with E-state index in [-0.39, 0.29) is 4.99 Å². The lowest BCUT2D eigenvalue weighted by Crippen LogP contribution is -2.13. The van der Waals surface area contributed by atoms with Gasteiger partial charge in [0.2, 0.25) is 0 Å². The summed E-state index contributed by atoms with van der Waals surface area (Å²) in [5.41, 5.74) is 8.05. The fourth-order valence-corrected chi connectivity index (χ4v) is 1.97. The Balaban J connectivity index is 2.43. The number of hydrogen-bond donors (Lipinski definition) is 2. The number of halogens is 1. The van der Waals surface area contributed by atoms with Crippen molar-refractivity contribution in [2.75, 3.05) is 5.32 Å². The number of hydrogen-bond acceptors (Lipinski definition) is 4. The number of nitrogens with one attached hydrogen (secondary N) is 1. The highest BCUT2D eigenvalue weighted by Crippen LogP contribution is 2.28. The monoisotopic (exact) mass is 278 g/mol. The van der Waals surface area contributed by atoms with Crippen molar-refractivity contribution in [3.8, 4) is 0 Å². The Morgan fingerprint density at radius 3 is 2.83 bits per heavy atom. The number of rotatable bonds is 3. The highest BCUT2D eigenvalue weighted by molar-refractivity contribution is 7.80. The first-order valence-corrected chi connectivity index (χ1v) is 6.02. The van der Waals surface area contributed by atoms with E-state index in [1.807, 2.05) is 19.1 Å². The molecule has 4 nitrogen and oxygen atoms in total. The van der Waals surface area contributed by atoms with Gasteiger partial charge in [0.25, 0.3) is 0 Å². The van der Waals surface area contributed by atoms with Crippen molar-refractivity contribution in [2.45, 2.75) is 6.92 Å². The van der Waals surface area contributed by atoms with Crippen LogP contribution in [0.4, 0.5) is 11.5 Å². The molecule has 92 valence electrons. The van der Waals surface area contributed by atoms with Crippen molar-refractivity contribution in [3.05, 3.63) is 46.6 Å². The number of benzene rings is 1. The van der Waals surface area contributed by atoms with E-state index in [4.69, 9.17) is 29.6 Å². The highest BCUT2D eigenvalue weighted by Gasteiger charge is 2.10. The zero-order chi connectivity index (χ0) is 13.1. The van der Waals surface area contributed by atoms with Gasteiger partial charge in [-0.1, -0.05) is 36.0 Å². The second-order valence-corrected chi connectivity index (χ2v) is 4.56. The van der Waals surface area contributed by atoms with Crippen molar-refractivity contribution >= 4 is 40.3 Å². The third-order valence-electron chi connectivity index (χ3n) is 2.45. The Labute approximate surface area is 115 Å². The first-order chi connectivity index (χ1) is 8.59. The number of thiocarbonyl (C=S) groups is 1. The summed E-state index contributed by atoms with van der Waals surface area (Å²) in [4.78, 5) is 0.261. The van der Waals surface area contributed by atoms with E-state index < -0.39 is 0 Å². The van der Waals surface area contributed by atoms with Crippen LogP contribution in [-0.2, 0) is 0 Å². The lowest BCUT2D eigenvalue weighted by atomic mass is 10.2. The molecule has 18 heavy (non-hydrogen) atoms. The summed E-state index contributed by atoms with van der Waals surface area (Å²) in [6.07, 6.45) is 1.54. The molecule has 2 aromatic rings. The maximum absolute atomic E-state index is 6.14. The zero-order valence-corrected chi connectivity index (χ0v) is 11.2. The predicted molar refractivity (Wildman–Crippen MR) is 77.4 cm³/mol. The quantitative estimate of drug-likeness (QED) is 0.845. The van der Waals surface area contributed by atoms with Gasteiger partial charge >= 0.3 is 0 Å². The van der Waals surface area contributed by atoms with Crippen molar-refractivity contribution in [3.63, 3.8) is 0 Å². The number of aromatic nitrogens is 2. The molecule has 0 amide bonds. The molecular weight excluding hydrogens is 268 g/mol. The summed E-state index contributed by atoms with van der Waals surface area (Å²) in [6, 6.07) is 7.34. The van der Waals surface area contributed by atoms with Gasteiger partial charge in [0.05, 0.1) is 22.5 Å². The minimum Gasteiger partial charge on any atom is -0.389 e. The van der Waals surface area contributed by atoms with Crippen LogP contribution in [0, 0.1) is 6.92 Å². The smallest absolute Gasteiger partial charge is 0.163 e. The van der Waals surface area contributed by atoms with Gasteiger partial charge in [-0.2, -0.15) is 5.10 Å². The van der Waals surface area contributed by atoms with Gasteiger partial charge in [-0.15, -0.1) is 5.10 Å². The molecular formula is C12H11ClN4S. The van der Waals surface area contributed by atoms with E-state index in [9.17, 15) is 0 Å². The van der Waals surface area contributed by atoms with Crippen LogP contribution in [0.3, 0.4) is 0 Å². The molecule has 0 spiro atoms. The molecule has 0 atom stereocenters. The Morgan fingerprint density at radius 2 is 2.17 bits per heavy atom. The van der Waals surface area contributed by atoms with Gasteiger partial charge in [0.1, 0.15) is 4.99 Å². The standard InChI is InChI=1S/C12H11ClN4S/c1-7-3-2-4-9(13)10(7)16-12-8(11(14)18)5-6-15-17-12/h2-6H,1H3,(H2,14,18)(H,16,17). The average molecular weight is 279 g/mol. The van der Waals surface area contributed by atoms with E-state index in [1.165, 1.54) is 0 Å². The summed E-state index contributed by atoms with van der Waals surface area (Å²) in [7, 11) is 0. The molecule has 0 unspecified atom stereocenters. The summed E-state index contributed by atoms with van der Waals surface area (Å²) in [5, 5.41) is 11.5. The van der Waals surface area contributed by atoms with Crippen molar-refractivity contribution in [2.24, 2.45) is 5.73 Å². The predicted octanol–water partition coefficient (Wildman–Crippen LogP) is 2.82. The van der Waals surface area contributed by atoms with E-state index in [2.05, 4.69) is 15.5 Å². The number of aryl methyl sites for hydroxylation is 1. The molecule has 0 saturated carbocycles. The highest BCUT2D eigenvalue weighted by atomic mass is 35.5. The van der Waals surface area contributed by atoms with Crippen LogP contribution in [0.2, 0.25) is 5.02 Å². The SMILES string of the molecule is Cc1cccc(Cl)c1Nc1nnccc1C(N)=S. The molecule has 0 radical (unpaired) electrons. The molecule has 0 bridgehead atoms. The molecule has 0 aliphatic rings. The number of anilines is 2. The normalized spacial score (nSPS) is 10.1. The topological polar surface area (TPSA) is 63.8 Å². The maximum Gasteiger partial charge on any atom is 0.163 e.